The molecule has 2 nitrogen and oxygen atoms in total. The van der Waals surface area contributed by atoms with Gasteiger partial charge in [0.15, 0.2) is 0 Å². The molecule has 5 atom stereocenters. The first kappa shape index (κ1) is 41.5. The van der Waals surface area contributed by atoms with E-state index in [2.05, 4.69) is 220 Å². The molecule has 336 valence electrons. The highest BCUT2D eigenvalue weighted by atomic mass is 15.3. The van der Waals surface area contributed by atoms with Crippen LogP contribution in [0, 0.1) is 0 Å². The van der Waals surface area contributed by atoms with E-state index in [1.54, 1.807) is 0 Å². The fourth-order valence-electron chi connectivity index (χ4n) is 15.3. The Labute approximate surface area is 403 Å². The van der Waals surface area contributed by atoms with Crippen LogP contribution in [-0.2, 0) is 16.2 Å². The van der Waals surface area contributed by atoms with Crippen molar-refractivity contribution in [3.8, 4) is 11.1 Å². The molecule has 0 N–H and O–H groups in total. The second-order valence-electron chi connectivity index (χ2n) is 21.8. The molecule has 0 radical (unpaired) electrons. The second kappa shape index (κ2) is 14.7. The van der Waals surface area contributed by atoms with E-state index in [9.17, 15) is 0 Å². The Morgan fingerprint density at radius 1 is 0.500 bits per heavy atom. The van der Waals surface area contributed by atoms with Crippen molar-refractivity contribution in [3.05, 3.63) is 216 Å². The molecule has 68 heavy (non-hydrogen) atoms. The molecule has 0 saturated heterocycles. The summed E-state index contributed by atoms with van der Waals surface area (Å²) in [4.78, 5) is 5.61. The van der Waals surface area contributed by atoms with E-state index in [1.165, 1.54) is 133 Å². The van der Waals surface area contributed by atoms with Crippen molar-refractivity contribution in [3.63, 3.8) is 0 Å². The monoisotopic (exact) mass is 882 g/mol. The molecule has 2 heterocycles. The van der Waals surface area contributed by atoms with Gasteiger partial charge in [-0.05, 0) is 148 Å². The molecule has 0 aromatic heterocycles. The molecule has 2 aliphatic heterocycles. The molecule has 2 heteroatoms. The lowest BCUT2D eigenvalue weighted by atomic mass is 9.61. The summed E-state index contributed by atoms with van der Waals surface area (Å²) < 4.78 is 0. The molecule has 0 bridgehead atoms. The first-order chi connectivity index (χ1) is 33.1. The minimum atomic E-state index is -0.690. The number of allylic oxidation sites excluding steroid dienone is 5. The van der Waals surface area contributed by atoms with Crippen molar-refractivity contribution in [2.24, 2.45) is 0 Å². The molecular formula is C66H62N2. The lowest BCUT2D eigenvalue weighted by Crippen LogP contribution is -2.54. The van der Waals surface area contributed by atoms with Crippen LogP contribution in [0.3, 0.4) is 0 Å². The van der Waals surface area contributed by atoms with Gasteiger partial charge in [-0.2, -0.15) is 0 Å². The predicted octanol–water partition coefficient (Wildman–Crippen LogP) is 17.6. The van der Waals surface area contributed by atoms with Crippen molar-refractivity contribution >= 4 is 55.1 Å². The molecule has 8 aromatic rings. The third-order valence-corrected chi connectivity index (χ3v) is 18.8. The fourth-order valence-corrected chi connectivity index (χ4v) is 15.3. The summed E-state index contributed by atoms with van der Waals surface area (Å²) in [5.74, 6) is 0. The SMILES string of the molecule is C=C(/C=C\C=C/C)C1(c2ccccc2)c2cc(N3c4ccc5ccccc5c4C4(C)CCCCC34C)ccc2-c2c1cc(N1c3ccc4ccccc4c3C3(C)CCCCC13C)c1ccccc21. The fraction of sp³-hybridized carbons (Fsp3) is 0.273. The number of hydrogen-bond donors (Lipinski definition) is 0. The van der Waals surface area contributed by atoms with Gasteiger partial charge in [0.2, 0.25) is 0 Å². The van der Waals surface area contributed by atoms with Crippen molar-refractivity contribution in [1.82, 2.24) is 0 Å². The summed E-state index contributed by atoms with van der Waals surface area (Å²) >= 11 is 0. The third-order valence-electron chi connectivity index (χ3n) is 18.8. The van der Waals surface area contributed by atoms with Gasteiger partial charge >= 0.3 is 0 Å². The van der Waals surface area contributed by atoms with E-state index < -0.39 is 5.41 Å². The summed E-state index contributed by atoms with van der Waals surface area (Å²) in [7, 11) is 0. The van der Waals surface area contributed by atoms with Crippen LogP contribution in [0.5, 0.6) is 0 Å². The van der Waals surface area contributed by atoms with Gasteiger partial charge in [0.1, 0.15) is 0 Å². The average molecular weight is 883 g/mol. The Kier molecular flexibility index (Phi) is 8.97. The van der Waals surface area contributed by atoms with E-state index in [-0.39, 0.29) is 21.9 Å². The quantitative estimate of drug-likeness (QED) is 0.154. The Morgan fingerprint density at radius 3 is 1.68 bits per heavy atom. The van der Waals surface area contributed by atoms with Crippen LogP contribution in [0.25, 0.3) is 43.4 Å². The van der Waals surface area contributed by atoms with Gasteiger partial charge in [-0.15, -0.1) is 0 Å². The van der Waals surface area contributed by atoms with Crippen LogP contribution in [0.15, 0.2) is 188 Å². The van der Waals surface area contributed by atoms with Crippen LogP contribution in [0.1, 0.15) is 114 Å². The van der Waals surface area contributed by atoms with Crippen LogP contribution in [-0.4, -0.2) is 11.1 Å². The zero-order valence-electron chi connectivity index (χ0n) is 40.5. The van der Waals surface area contributed by atoms with Crippen molar-refractivity contribution in [1.29, 1.82) is 0 Å². The maximum Gasteiger partial charge on any atom is 0.0709 e. The maximum atomic E-state index is 5.16. The molecule has 0 amide bonds. The molecule has 5 unspecified atom stereocenters. The largest absolute Gasteiger partial charge is 0.334 e. The number of fused-ring (bicyclic) bond motifs is 15. The van der Waals surface area contributed by atoms with Gasteiger partial charge in [-0.25, -0.2) is 0 Å². The van der Waals surface area contributed by atoms with Gasteiger partial charge in [-0.3, -0.25) is 0 Å². The first-order valence-corrected chi connectivity index (χ1v) is 25.5. The summed E-state index contributed by atoms with van der Waals surface area (Å²) in [6, 6.07) is 58.7. The standard InChI is InChI=1S/C66H62N2/c1-7-8-10-23-44(2)66(47-26-11-9-12-27-47)54-42-48(67-56-36-32-45-24-13-15-28-49(45)60(56)62(3)38-19-21-40-64(62,67)5)34-35-53(54)59-52-31-18-17-30-51(52)58(43-55(59)66)68-57-37-33-46-25-14-16-29-50(46)61(57)63(4)39-20-22-41-65(63,68)6/h7-18,23-37,42-43H,2,19-22,38-41H2,1,3-6H3/b8-7-,23-10-. The molecular weight excluding hydrogens is 821 g/mol. The topological polar surface area (TPSA) is 6.48 Å². The Bertz CT molecular complexity index is 3480. The molecule has 0 spiro atoms. The lowest BCUT2D eigenvalue weighted by molar-refractivity contribution is 0.196. The molecule has 3 aliphatic carbocycles. The van der Waals surface area contributed by atoms with E-state index in [0.717, 1.165) is 18.4 Å². The van der Waals surface area contributed by atoms with Crippen LogP contribution >= 0.6 is 0 Å². The van der Waals surface area contributed by atoms with Crippen LogP contribution in [0.2, 0.25) is 0 Å². The maximum absolute atomic E-state index is 5.16. The summed E-state index contributed by atoms with van der Waals surface area (Å²) in [6.45, 7) is 17.6. The Hall–Kier alpha value is -6.64. The van der Waals surface area contributed by atoms with Gasteiger partial charge < -0.3 is 9.80 Å². The summed E-state index contributed by atoms with van der Waals surface area (Å²) in [6.07, 6.45) is 18.3. The molecule has 8 aromatic carbocycles. The number of hydrogen-bond acceptors (Lipinski definition) is 2. The summed E-state index contributed by atoms with van der Waals surface area (Å²) in [5, 5.41) is 8.07. The van der Waals surface area contributed by atoms with Crippen molar-refractivity contribution in [2.45, 2.75) is 113 Å². The number of anilines is 4. The zero-order chi connectivity index (χ0) is 46.2. The van der Waals surface area contributed by atoms with Crippen LogP contribution < -0.4 is 9.80 Å². The van der Waals surface area contributed by atoms with Crippen molar-refractivity contribution in [2.75, 3.05) is 9.80 Å². The van der Waals surface area contributed by atoms with E-state index in [0.29, 0.717) is 0 Å². The summed E-state index contributed by atoms with van der Waals surface area (Å²) in [5.41, 5.74) is 14.9. The third kappa shape index (κ3) is 5.14. The number of nitrogens with zero attached hydrogens (tertiary/aromatic N) is 2. The van der Waals surface area contributed by atoms with Gasteiger partial charge in [0.05, 0.1) is 16.5 Å². The van der Waals surface area contributed by atoms with Gasteiger partial charge in [0, 0.05) is 39.0 Å². The minimum absolute atomic E-state index is 0.00899. The Balaban J connectivity index is 1.12. The van der Waals surface area contributed by atoms with E-state index in [4.69, 9.17) is 6.58 Å². The van der Waals surface area contributed by atoms with E-state index in [1.807, 2.05) is 0 Å². The average Bonchev–Trinajstić information content (AvgIpc) is 3.87. The minimum Gasteiger partial charge on any atom is -0.334 e. The molecule has 2 saturated carbocycles. The zero-order valence-corrected chi connectivity index (χ0v) is 40.5. The first-order valence-electron chi connectivity index (χ1n) is 25.5. The lowest BCUT2D eigenvalue weighted by Gasteiger charge is -2.51. The predicted molar refractivity (Wildman–Crippen MR) is 289 cm³/mol. The highest BCUT2D eigenvalue weighted by molar-refractivity contribution is 6.12. The van der Waals surface area contributed by atoms with Gasteiger partial charge in [-0.1, -0.05) is 192 Å². The number of benzene rings is 8. The smallest absolute Gasteiger partial charge is 0.0709 e. The number of rotatable bonds is 6. The Morgan fingerprint density at radius 2 is 1.04 bits per heavy atom. The molecule has 13 rings (SSSR count). The molecule has 5 aliphatic rings. The highest BCUT2D eigenvalue weighted by Crippen LogP contribution is 2.67. The molecule has 2 fully saturated rings. The second-order valence-corrected chi connectivity index (χ2v) is 21.8. The highest BCUT2D eigenvalue weighted by Gasteiger charge is 2.61. The van der Waals surface area contributed by atoms with E-state index >= 15 is 0 Å². The van der Waals surface area contributed by atoms with Crippen LogP contribution in [0.4, 0.5) is 22.7 Å². The normalized spacial score (nSPS) is 26.9. The van der Waals surface area contributed by atoms with Gasteiger partial charge in [0.25, 0.3) is 0 Å². The van der Waals surface area contributed by atoms with Crippen molar-refractivity contribution < 1.29 is 0 Å².